The average Bonchev–Trinajstić information content (AvgIpc) is 2.86. The normalized spacial score (nSPS) is 16.8. The van der Waals surface area contributed by atoms with Crippen molar-refractivity contribution in [2.24, 2.45) is 7.05 Å². The molecular formula is C26H27N5O2. The quantitative estimate of drug-likeness (QED) is 0.475. The van der Waals surface area contributed by atoms with E-state index in [0.29, 0.717) is 17.6 Å². The lowest BCUT2D eigenvalue weighted by molar-refractivity contribution is 0.137. The van der Waals surface area contributed by atoms with Crippen LogP contribution in [-0.2, 0) is 20.1 Å². The third kappa shape index (κ3) is 4.24. The van der Waals surface area contributed by atoms with Crippen molar-refractivity contribution in [3.63, 3.8) is 0 Å². The van der Waals surface area contributed by atoms with Gasteiger partial charge in [0.15, 0.2) is 0 Å². The summed E-state index contributed by atoms with van der Waals surface area (Å²) < 4.78 is 2.78. The van der Waals surface area contributed by atoms with Gasteiger partial charge in [0.1, 0.15) is 5.65 Å². The zero-order valence-corrected chi connectivity index (χ0v) is 18.7. The van der Waals surface area contributed by atoms with Gasteiger partial charge in [0, 0.05) is 26.0 Å². The number of benzene rings is 1. The molecule has 0 amide bonds. The monoisotopic (exact) mass is 441 g/mol. The minimum atomic E-state index is -0.350. The fourth-order valence-corrected chi connectivity index (χ4v) is 4.71. The molecule has 0 radical (unpaired) electrons. The van der Waals surface area contributed by atoms with Crippen molar-refractivity contribution >= 4 is 11.0 Å². The first-order valence-electron chi connectivity index (χ1n) is 11.4. The number of pyridine rings is 2. The summed E-state index contributed by atoms with van der Waals surface area (Å²) in [7, 11) is 1.52. The molecule has 0 saturated carbocycles. The van der Waals surface area contributed by atoms with E-state index < -0.39 is 0 Å². The highest BCUT2D eigenvalue weighted by Gasteiger charge is 2.26. The van der Waals surface area contributed by atoms with Gasteiger partial charge in [-0.1, -0.05) is 42.8 Å². The van der Waals surface area contributed by atoms with Gasteiger partial charge in [0.25, 0.3) is 5.56 Å². The molecule has 1 aromatic carbocycles. The second-order valence-corrected chi connectivity index (χ2v) is 8.67. The molecule has 168 valence electrons. The molecule has 7 heteroatoms. The summed E-state index contributed by atoms with van der Waals surface area (Å²) in [5.74, 6) is 0. The Morgan fingerprint density at radius 2 is 1.76 bits per heavy atom. The molecule has 1 aliphatic rings. The van der Waals surface area contributed by atoms with Crippen molar-refractivity contribution in [1.29, 1.82) is 0 Å². The average molecular weight is 442 g/mol. The van der Waals surface area contributed by atoms with E-state index in [1.54, 1.807) is 10.8 Å². The Morgan fingerprint density at radius 1 is 0.939 bits per heavy atom. The molecule has 3 aromatic heterocycles. The smallest absolute Gasteiger partial charge is 0.290 e. The van der Waals surface area contributed by atoms with Crippen LogP contribution in [0.5, 0.6) is 0 Å². The lowest BCUT2D eigenvalue weighted by Crippen LogP contribution is -2.39. The van der Waals surface area contributed by atoms with Crippen molar-refractivity contribution in [2.75, 3.05) is 6.54 Å². The van der Waals surface area contributed by atoms with E-state index in [2.05, 4.69) is 16.0 Å². The largest absolute Gasteiger partial charge is 0.332 e. The van der Waals surface area contributed by atoms with E-state index in [9.17, 15) is 9.59 Å². The summed E-state index contributed by atoms with van der Waals surface area (Å²) >= 11 is 0. The van der Waals surface area contributed by atoms with Crippen LogP contribution in [0.4, 0.5) is 0 Å². The fourth-order valence-electron chi connectivity index (χ4n) is 4.71. The highest BCUT2D eigenvalue weighted by Crippen LogP contribution is 2.31. The highest BCUT2D eigenvalue weighted by molar-refractivity contribution is 5.74. The first kappa shape index (κ1) is 21.3. The maximum Gasteiger partial charge on any atom is 0.332 e. The van der Waals surface area contributed by atoms with Crippen LogP contribution in [0.3, 0.4) is 0 Å². The molecule has 0 aliphatic carbocycles. The maximum absolute atomic E-state index is 13.1. The fraction of sp³-hybridized carbons (Fsp3) is 0.308. The third-order valence-electron chi connectivity index (χ3n) is 6.45. The van der Waals surface area contributed by atoms with Crippen LogP contribution in [0, 0.1) is 0 Å². The third-order valence-corrected chi connectivity index (χ3v) is 6.45. The molecule has 4 heterocycles. The molecule has 0 unspecified atom stereocenters. The van der Waals surface area contributed by atoms with Gasteiger partial charge in [-0.25, -0.2) is 9.78 Å². The van der Waals surface area contributed by atoms with Crippen molar-refractivity contribution in [2.45, 2.75) is 38.4 Å². The molecule has 1 aliphatic heterocycles. The zero-order valence-electron chi connectivity index (χ0n) is 18.7. The Morgan fingerprint density at radius 3 is 2.55 bits per heavy atom. The van der Waals surface area contributed by atoms with Crippen LogP contribution < -0.4 is 11.2 Å². The molecule has 33 heavy (non-hydrogen) atoms. The Labute approximate surface area is 192 Å². The highest BCUT2D eigenvalue weighted by atomic mass is 16.2. The number of hydrogen-bond donors (Lipinski definition) is 0. The van der Waals surface area contributed by atoms with E-state index in [1.165, 1.54) is 17.2 Å². The van der Waals surface area contributed by atoms with Crippen LogP contribution in [0.15, 0.2) is 76.6 Å². The Hall–Kier alpha value is -3.58. The van der Waals surface area contributed by atoms with E-state index in [4.69, 9.17) is 4.98 Å². The van der Waals surface area contributed by atoms with Gasteiger partial charge in [-0.05, 0) is 48.7 Å². The van der Waals surface area contributed by atoms with Crippen LogP contribution in [0.1, 0.15) is 42.1 Å². The van der Waals surface area contributed by atoms with E-state index >= 15 is 0 Å². The standard InChI is InChI=1S/C26H27N5O2/c1-29-25(32)21-12-13-22(23-11-5-6-15-30(23)17-20-10-7-14-27-16-20)28-24(21)31(26(29)33)18-19-8-3-2-4-9-19/h2-4,7-10,12-14,16,23H,5-6,11,15,17-18H2,1H3/t23-/m0/s1. The van der Waals surface area contributed by atoms with Crippen molar-refractivity contribution in [1.82, 2.24) is 24.0 Å². The van der Waals surface area contributed by atoms with Crippen LogP contribution >= 0.6 is 0 Å². The predicted octanol–water partition coefficient (Wildman–Crippen LogP) is 3.27. The second-order valence-electron chi connectivity index (χ2n) is 8.67. The second kappa shape index (κ2) is 9.11. The van der Waals surface area contributed by atoms with Gasteiger partial charge in [-0.2, -0.15) is 0 Å². The Kier molecular flexibility index (Phi) is 5.88. The summed E-state index contributed by atoms with van der Waals surface area (Å²) in [6.07, 6.45) is 6.95. The molecule has 0 N–H and O–H groups in total. The predicted molar refractivity (Wildman–Crippen MR) is 128 cm³/mol. The topological polar surface area (TPSA) is 73.0 Å². The van der Waals surface area contributed by atoms with Crippen molar-refractivity contribution < 1.29 is 0 Å². The number of nitrogens with zero attached hydrogens (tertiary/aromatic N) is 5. The zero-order chi connectivity index (χ0) is 22.8. The molecular weight excluding hydrogens is 414 g/mol. The maximum atomic E-state index is 13.1. The van der Waals surface area contributed by atoms with Gasteiger partial charge in [-0.15, -0.1) is 0 Å². The summed E-state index contributed by atoms with van der Waals surface area (Å²) in [6.45, 7) is 2.14. The summed E-state index contributed by atoms with van der Waals surface area (Å²) in [6, 6.07) is 17.8. The van der Waals surface area contributed by atoms with Crippen molar-refractivity contribution in [3.05, 3.63) is 105 Å². The molecule has 1 fully saturated rings. The van der Waals surface area contributed by atoms with E-state index in [1.807, 2.05) is 54.7 Å². The number of aromatic nitrogens is 4. The van der Waals surface area contributed by atoms with Crippen LogP contribution in [-0.4, -0.2) is 30.5 Å². The van der Waals surface area contributed by atoms with Gasteiger partial charge in [0.2, 0.25) is 0 Å². The van der Waals surface area contributed by atoms with Gasteiger partial charge < -0.3 is 0 Å². The lowest BCUT2D eigenvalue weighted by Gasteiger charge is -2.35. The molecule has 1 atom stereocenters. The summed E-state index contributed by atoms with van der Waals surface area (Å²) in [5, 5.41) is 0.464. The SMILES string of the molecule is Cn1c(=O)c2ccc([C@@H]3CCCCN3Cc3cccnc3)nc2n(Cc2ccccc2)c1=O. The lowest BCUT2D eigenvalue weighted by atomic mass is 9.98. The van der Waals surface area contributed by atoms with Crippen LogP contribution in [0.2, 0.25) is 0 Å². The minimum Gasteiger partial charge on any atom is -0.290 e. The van der Waals surface area contributed by atoms with Gasteiger partial charge >= 0.3 is 5.69 Å². The molecule has 0 bridgehead atoms. The van der Waals surface area contributed by atoms with Gasteiger partial charge in [-0.3, -0.25) is 23.8 Å². The molecule has 7 nitrogen and oxygen atoms in total. The minimum absolute atomic E-state index is 0.132. The first-order chi connectivity index (χ1) is 16.1. The molecule has 1 saturated heterocycles. The number of fused-ring (bicyclic) bond motifs is 1. The summed E-state index contributed by atoms with van der Waals surface area (Å²) in [5.41, 5.74) is 2.85. The molecule has 5 rings (SSSR count). The Balaban J connectivity index is 1.59. The van der Waals surface area contributed by atoms with Crippen molar-refractivity contribution in [3.8, 4) is 0 Å². The van der Waals surface area contributed by atoms with E-state index in [0.717, 1.165) is 43.6 Å². The number of piperidine rings is 1. The van der Waals surface area contributed by atoms with E-state index in [-0.39, 0.29) is 17.3 Å². The van der Waals surface area contributed by atoms with Gasteiger partial charge in [0.05, 0.1) is 23.7 Å². The number of likely N-dealkylation sites (tertiary alicyclic amines) is 1. The Bertz CT molecular complexity index is 1380. The first-order valence-corrected chi connectivity index (χ1v) is 11.4. The number of rotatable bonds is 5. The summed E-state index contributed by atoms with van der Waals surface area (Å²) in [4.78, 5) is 37.5. The number of hydrogen-bond acceptors (Lipinski definition) is 5. The van der Waals surface area contributed by atoms with Crippen LogP contribution in [0.25, 0.3) is 11.0 Å². The molecule has 4 aromatic rings. The molecule has 0 spiro atoms.